The van der Waals surface area contributed by atoms with E-state index in [9.17, 15) is 4.79 Å². The van der Waals surface area contributed by atoms with Gasteiger partial charge < -0.3 is 14.6 Å². The van der Waals surface area contributed by atoms with E-state index < -0.39 is 0 Å². The summed E-state index contributed by atoms with van der Waals surface area (Å²) in [4.78, 5) is 14.6. The van der Waals surface area contributed by atoms with Crippen LogP contribution in [-0.4, -0.2) is 33.8 Å². The lowest BCUT2D eigenvalue weighted by molar-refractivity contribution is -0.129. The molecule has 1 aliphatic carbocycles. The minimum atomic E-state index is 0.118. The number of carbonyl (C=O) groups excluding carboxylic acids is 1. The van der Waals surface area contributed by atoms with Crippen LogP contribution in [0.2, 0.25) is 0 Å². The zero-order chi connectivity index (χ0) is 19.3. The summed E-state index contributed by atoms with van der Waals surface area (Å²) in [5, 5.41) is 12.2. The van der Waals surface area contributed by atoms with Gasteiger partial charge in [-0.25, -0.2) is 0 Å². The fraction of sp³-hybridized carbons (Fsp3) is 0.350. The molecule has 2 aromatic heterocycles. The number of nitrogens with one attached hydrogen (secondary N) is 1. The second-order valence-corrected chi connectivity index (χ2v) is 8.91. The van der Waals surface area contributed by atoms with Crippen LogP contribution in [-0.2, 0) is 17.8 Å². The molecule has 0 saturated heterocycles. The minimum Gasteiger partial charge on any atom is -0.467 e. The molecule has 6 nitrogen and oxygen atoms in total. The Hall–Kier alpha value is -2.32. The fourth-order valence-electron chi connectivity index (χ4n) is 3.45. The van der Waals surface area contributed by atoms with Crippen molar-refractivity contribution in [2.75, 3.05) is 18.1 Å². The predicted molar refractivity (Wildman–Crippen MR) is 112 cm³/mol. The molecule has 1 aromatic carbocycles. The van der Waals surface area contributed by atoms with Gasteiger partial charge in [0.15, 0.2) is 4.34 Å². The molecule has 1 atom stereocenters. The highest BCUT2D eigenvalue weighted by Gasteiger charge is 2.26. The zero-order valence-electron chi connectivity index (χ0n) is 15.6. The lowest BCUT2D eigenvalue weighted by Gasteiger charge is -2.33. The Balaban J connectivity index is 1.31. The quantitative estimate of drug-likeness (QED) is 0.579. The molecule has 0 fully saturated rings. The molecule has 4 rings (SSSR count). The number of aromatic nitrogens is 2. The molecule has 0 bridgehead atoms. The van der Waals surface area contributed by atoms with Gasteiger partial charge in [-0.2, -0.15) is 0 Å². The predicted octanol–water partition coefficient (Wildman–Crippen LogP) is 4.37. The number of anilines is 1. The monoisotopic (exact) mass is 414 g/mol. The first-order chi connectivity index (χ1) is 13.7. The Morgan fingerprint density at radius 1 is 1.32 bits per heavy atom. The Morgan fingerprint density at radius 3 is 3.07 bits per heavy atom. The van der Waals surface area contributed by atoms with Crippen LogP contribution < -0.4 is 5.32 Å². The van der Waals surface area contributed by atoms with E-state index in [1.807, 2.05) is 24.1 Å². The van der Waals surface area contributed by atoms with Crippen molar-refractivity contribution in [3.8, 4) is 0 Å². The topological polar surface area (TPSA) is 71.3 Å². The molecule has 146 valence electrons. The summed E-state index contributed by atoms with van der Waals surface area (Å²) in [7, 11) is 1.91. The van der Waals surface area contributed by atoms with E-state index in [0.29, 0.717) is 12.3 Å². The van der Waals surface area contributed by atoms with Crippen LogP contribution in [0.1, 0.15) is 35.8 Å². The number of aryl methyl sites for hydroxylation is 1. The first-order valence-corrected chi connectivity index (χ1v) is 11.1. The highest BCUT2D eigenvalue weighted by molar-refractivity contribution is 8.01. The van der Waals surface area contributed by atoms with Gasteiger partial charge in [-0.1, -0.05) is 47.4 Å². The van der Waals surface area contributed by atoms with Gasteiger partial charge in [0.25, 0.3) is 0 Å². The summed E-state index contributed by atoms with van der Waals surface area (Å²) in [6, 6.07) is 12.4. The molecule has 0 radical (unpaired) electrons. The maximum Gasteiger partial charge on any atom is 0.233 e. The Morgan fingerprint density at radius 2 is 2.21 bits per heavy atom. The van der Waals surface area contributed by atoms with Gasteiger partial charge in [-0.3, -0.25) is 4.79 Å². The van der Waals surface area contributed by atoms with Crippen LogP contribution in [0.5, 0.6) is 0 Å². The standard InChI is InChI=1S/C20H22N4O2S2/c1-24(17-10-4-7-14-6-2-3-9-16(14)17)18(25)13-27-20-23-22-19(28-20)21-12-15-8-5-11-26-15/h2-3,5-6,8-9,11,17H,4,7,10,12-13H2,1H3,(H,21,22). The molecule has 2 heterocycles. The number of furan rings is 1. The molecule has 1 amide bonds. The SMILES string of the molecule is CN(C(=O)CSc1nnc(NCc2ccco2)s1)C1CCCc2ccccc21. The number of hydrogen-bond acceptors (Lipinski definition) is 7. The van der Waals surface area contributed by atoms with Crippen molar-refractivity contribution in [2.24, 2.45) is 0 Å². The van der Waals surface area contributed by atoms with E-state index in [1.54, 1.807) is 6.26 Å². The number of hydrogen-bond donors (Lipinski definition) is 1. The van der Waals surface area contributed by atoms with E-state index >= 15 is 0 Å². The van der Waals surface area contributed by atoms with Crippen LogP contribution in [0.15, 0.2) is 51.4 Å². The van der Waals surface area contributed by atoms with Gasteiger partial charge in [-0.05, 0) is 42.5 Å². The van der Waals surface area contributed by atoms with E-state index in [-0.39, 0.29) is 11.9 Å². The Bertz CT molecular complexity index is 926. The van der Waals surface area contributed by atoms with Gasteiger partial charge in [0.05, 0.1) is 24.6 Å². The first-order valence-electron chi connectivity index (χ1n) is 9.27. The van der Waals surface area contributed by atoms with Crippen molar-refractivity contribution in [1.29, 1.82) is 0 Å². The third-order valence-corrected chi connectivity index (χ3v) is 6.92. The third-order valence-electron chi connectivity index (χ3n) is 4.92. The second kappa shape index (κ2) is 8.79. The van der Waals surface area contributed by atoms with Crippen LogP contribution in [0.3, 0.4) is 0 Å². The summed E-state index contributed by atoms with van der Waals surface area (Å²) >= 11 is 2.89. The van der Waals surface area contributed by atoms with Crippen LogP contribution >= 0.6 is 23.1 Å². The number of nitrogens with zero attached hydrogens (tertiary/aromatic N) is 3. The van der Waals surface area contributed by atoms with Crippen LogP contribution in [0.4, 0.5) is 5.13 Å². The molecule has 1 N–H and O–H groups in total. The lowest BCUT2D eigenvalue weighted by atomic mass is 9.87. The normalized spacial score (nSPS) is 15.8. The number of rotatable bonds is 7. The smallest absolute Gasteiger partial charge is 0.233 e. The van der Waals surface area contributed by atoms with Crippen molar-refractivity contribution in [3.05, 3.63) is 59.5 Å². The van der Waals surface area contributed by atoms with Crippen LogP contribution in [0.25, 0.3) is 0 Å². The molecular formula is C20H22N4O2S2. The average Bonchev–Trinajstić information content (AvgIpc) is 3.41. The fourth-order valence-corrected chi connectivity index (χ4v) is 5.12. The molecule has 8 heteroatoms. The lowest BCUT2D eigenvalue weighted by Crippen LogP contribution is -2.34. The highest BCUT2D eigenvalue weighted by Crippen LogP contribution is 2.34. The summed E-state index contributed by atoms with van der Waals surface area (Å²) in [6.07, 6.45) is 4.88. The maximum atomic E-state index is 12.7. The highest BCUT2D eigenvalue weighted by atomic mass is 32.2. The van der Waals surface area contributed by atoms with Crippen molar-refractivity contribution in [2.45, 2.75) is 36.2 Å². The summed E-state index contributed by atoms with van der Waals surface area (Å²) in [5.74, 6) is 1.32. The first kappa shape index (κ1) is 19.0. The van der Waals surface area contributed by atoms with Gasteiger partial charge in [0.1, 0.15) is 5.76 Å². The Labute approximate surface area is 172 Å². The largest absolute Gasteiger partial charge is 0.467 e. The number of carbonyl (C=O) groups is 1. The van der Waals surface area contributed by atoms with E-state index in [4.69, 9.17) is 4.42 Å². The van der Waals surface area contributed by atoms with Crippen molar-refractivity contribution in [3.63, 3.8) is 0 Å². The van der Waals surface area contributed by atoms with E-state index in [2.05, 4.69) is 39.8 Å². The van der Waals surface area contributed by atoms with Gasteiger partial charge in [0, 0.05) is 7.05 Å². The summed E-state index contributed by atoms with van der Waals surface area (Å²) < 4.78 is 6.07. The molecule has 3 aromatic rings. The van der Waals surface area contributed by atoms with Gasteiger partial charge >= 0.3 is 0 Å². The van der Waals surface area contributed by atoms with Gasteiger partial charge in [0.2, 0.25) is 11.0 Å². The van der Waals surface area contributed by atoms with Gasteiger partial charge in [-0.15, -0.1) is 10.2 Å². The molecule has 0 spiro atoms. The Kier molecular flexibility index (Phi) is 5.97. The van der Waals surface area contributed by atoms with Crippen molar-refractivity contribution < 1.29 is 9.21 Å². The second-order valence-electron chi connectivity index (χ2n) is 6.71. The number of amides is 1. The third kappa shape index (κ3) is 4.39. The average molecular weight is 415 g/mol. The van der Waals surface area contributed by atoms with Crippen LogP contribution in [0, 0.1) is 0 Å². The summed E-state index contributed by atoms with van der Waals surface area (Å²) in [5.41, 5.74) is 2.65. The maximum absolute atomic E-state index is 12.7. The van der Waals surface area contributed by atoms with E-state index in [0.717, 1.165) is 34.5 Å². The molecule has 1 aliphatic rings. The van der Waals surface area contributed by atoms with Crippen molar-refractivity contribution >= 4 is 34.1 Å². The molecule has 0 aliphatic heterocycles. The number of thioether (sulfide) groups is 1. The number of benzene rings is 1. The van der Waals surface area contributed by atoms with Crippen molar-refractivity contribution in [1.82, 2.24) is 15.1 Å². The molecule has 0 saturated carbocycles. The summed E-state index contributed by atoms with van der Waals surface area (Å²) in [6.45, 7) is 0.565. The number of fused-ring (bicyclic) bond motifs is 1. The molecule has 1 unspecified atom stereocenters. The molecule has 28 heavy (non-hydrogen) atoms. The minimum absolute atomic E-state index is 0.118. The van der Waals surface area contributed by atoms with E-state index in [1.165, 1.54) is 34.2 Å². The zero-order valence-corrected chi connectivity index (χ0v) is 17.3. The molecular weight excluding hydrogens is 392 g/mol.